The summed E-state index contributed by atoms with van der Waals surface area (Å²) >= 11 is 1.53. The van der Waals surface area contributed by atoms with Crippen LogP contribution in [0.1, 0.15) is 25.5 Å². The van der Waals surface area contributed by atoms with Crippen molar-refractivity contribution in [2.45, 2.75) is 19.9 Å². The quantitative estimate of drug-likeness (QED) is 0.785. The average molecular weight is 344 g/mol. The Balaban J connectivity index is 1.81. The topological polar surface area (TPSA) is 60.4 Å². The molecule has 4 rings (SSSR count). The van der Waals surface area contributed by atoms with Gasteiger partial charge in [0.2, 0.25) is 6.79 Å². The number of hydrogen-bond acceptors (Lipinski definition) is 7. The van der Waals surface area contributed by atoms with Gasteiger partial charge in [-0.2, -0.15) is 0 Å². The molecule has 7 heteroatoms. The van der Waals surface area contributed by atoms with Gasteiger partial charge in [0, 0.05) is 6.20 Å². The molecule has 0 aromatic heterocycles. The predicted octanol–water partition coefficient (Wildman–Crippen LogP) is 3.18. The molecule has 3 aliphatic rings. The summed E-state index contributed by atoms with van der Waals surface area (Å²) in [4.78, 5) is 19.1. The van der Waals surface area contributed by atoms with E-state index < -0.39 is 0 Å². The van der Waals surface area contributed by atoms with Crippen molar-refractivity contribution >= 4 is 22.9 Å². The standard InChI is InChI=1S/C17H16N2O4S/c1-3-21-16(20)14-10(2)18-17-19(6-7-24-17)15(14)11-4-5-12-13(8-11)23-9-22-12/h4-8,15H,3,9H2,1-2H3/t15-/m0/s1. The molecule has 124 valence electrons. The molecule has 1 atom stereocenters. The Bertz CT molecular complexity index is 800. The molecule has 3 heterocycles. The molecular formula is C17H16N2O4S. The third kappa shape index (κ3) is 2.36. The third-order valence-corrected chi connectivity index (χ3v) is 4.80. The van der Waals surface area contributed by atoms with Crippen LogP contribution in [0.25, 0.3) is 0 Å². The maximum atomic E-state index is 12.6. The number of aliphatic imine (C=N–C) groups is 1. The Morgan fingerprint density at radius 2 is 2.25 bits per heavy atom. The van der Waals surface area contributed by atoms with Crippen molar-refractivity contribution in [1.82, 2.24) is 4.90 Å². The van der Waals surface area contributed by atoms with Crippen molar-refractivity contribution < 1.29 is 19.0 Å². The molecule has 0 spiro atoms. The number of benzene rings is 1. The number of amidine groups is 1. The number of allylic oxidation sites excluding steroid dienone is 1. The van der Waals surface area contributed by atoms with E-state index in [1.54, 1.807) is 6.92 Å². The van der Waals surface area contributed by atoms with Gasteiger partial charge in [-0.1, -0.05) is 17.8 Å². The fraction of sp³-hybridized carbons (Fsp3) is 0.294. The van der Waals surface area contributed by atoms with E-state index in [4.69, 9.17) is 14.2 Å². The lowest BCUT2D eigenvalue weighted by Gasteiger charge is -2.33. The van der Waals surface area contributed by atoms with Crippen molar-refractivity contribution in [2.24, 2.45) is 4.99 Å². The Kier molecular flexibility index (Phi) is 3.72. The van der Waals surface area contributed by atoms with Crippen LogP contribution in [0.2, 0.25) is 0 Å². The molecule has 6 nitrogen and oxygen atoms in total. The summed E-state index contributed by atoms with van der Waals surface area (Å²) in [5, 5.41) is 2.81. The van der Waals surface area contributed by atoms with E-state index in [0.29, 0.717) is 29.4 Å². The van der Waals surface area contributed by atoms with Gasteiger partial charge in [0.25, 0.3) is 0 Å². The van der Waals surface area contributed by atoms with Gasteiger partial charge < -0.3 is 19.1 Å². The lowest BCUT2D eigenvalue weighted by Crippen LogP contribution is -2.34. The maximum Gasteiger partial charge on any atom is 0.338 e. The lowest BCUT2D eigenvalue weighted by atomic mass is 9.94. The molecule has 3 aliphatic heterocycles. The van der Waals surface area contributed by atoms with Crippen LogP contribution in [0.15, 0.2) is 46.1 Å². The molecule has 1 aromatic carbocycles. The van der Waals surface area contributed by atoms with Gasteiger partial charge in [0.1, 0.15) is 0 Å². The molecule has 0 aliphatic carbocycles. The minimum atomic E-state index is -0.342. The predicted molar refractivity (Wildman–Crippen MR) is 90.6 cm³/mol. The van der Waals surface area contributed by atoms with Crippen molar-refractivity contribution in [3.63, 3.8) is 0 Å². The molecule has 0 saturated heterocycles. The number of carbonyl (C=O) groups excluding carboxylic acids is 1. The largest absolute Gasteiger partial charge is 0.463 e. The molecule has 0 N–H and O–H groups in total. The average Bonchev–Trinajstić information content (AvgIpc) is 3.21. The molecule has 0 bridgehead atoms. The van der Waals surface area contributed by atoms with E-state index in [9.17, 15) is 4.79 Å². The fourth-order valence-electron chi connectivity index (χ4n) is 2.98. The van der Waals surface area contributed by atoms with Crippen LogP contribution in [0.5, 0.6) is 11.5 Å². The molecule has 0 radical (unpaired) electrons. The van der Waals surface area contributed by atoms with E-state index in [0.717, 1.165) is 10.7 Å². The summed E-state index contributed by atoms with van der Waals surface area (Å²) < 4.78 is 16.1. The summed E-state index contributed by atoms with van der Waals surface area (Å²) in [5.41, 5.74) is 2.16. The first kappa shape index (κ1) is 15.1. The Labute approximate surface area is 143 Å². The summed E-state index contributed by atoms with van der Waals surface area (Å²) in [7, 11) is 0. The van der Waals surface area contributed by atoms with E-state index >= 15 is 0 Å². The van der Waals surface area contributed by atoms with Crippen LogP contribution in [0, 0.1) is 0 Å². The molecule has 0 amide bonds. The monoisotopic (exact) mass is 344 g/mol. The second-order valence-electron chi connectivity index (χ2n) is 5.44. The first-order valence-electron chi connectivity index (χ1n) is 7.67. The number of hydrogen-bond donors (Lipinski definition) is 0. The highest BCUT2D eigenvalue weighted by atomic mass is 32.2. The van der Waals surface area contributed by atoms with Gasteiger partial charge in [-0.05, 0) is 37.0 Å². The van der Waals surface area contributed by atoms with Gasteiger partial charge in [-0.15, -0.1) is 0 Å². The highest BCUT2D eigenvalue weighted by Gasteiger charge is 2.38. The minimum absolute atomic E-state index is 0.217. The zero-order valence-electron chi connectivity index (χ0n) is 13.3. The number of thioether (sulfide) groups is 1. The first-order chi connectivity index (χ1) is 11.7. The number of nitrogens with zero attached hydrogens (tertiary/aromatic N) is 2. The Morgan fingerprint density at radius 3 is 3.08 bits per heavy atom. The van der Waals surface area contributed by atoms with Gasteiger partial charge in [0.05, 0.1) is 23.9 Å². The van der Waals surface area contributed by atoms with Crippen LogP contribution in [-0.4, -0.2) is 29.4 Å². The van der Waals surface area contributed by atoms with Crippen molar-refractivity contribution in [1.29, 1.82) is 0 Å². The van der Waals surface area contributed by atoms with Gasteiger partial charge in [-0.3, -0.25) is 0 Å². The van der Waals surface area contributed by atoms with Gasteiger partial charge in [0.15, 0.2) is 16.7 Å². The number of ether oxygens (including phenoxy) is 3. The number of fused-ring (bicyclic) bond motifs is 2. The molecule has 1 aromatic rings. The van der Waals surface area contributed by atoms with Crippen molar-refractivity contribution in [3.8, 4) is 11.5 Å². The molecule has 0 saturated carbocycles. The fourth-order valence-corrected chi connectivity index (χ4v) is 3.77. The summed E-state index contributed by atoms with van der Waals surface area (Å²) in [6.07, 6.45) is 1.93. The van der Waals surface area contributed by atoms with Crippen LogP contribution >= 0.6 is 11.8 Å². The van der Waals surface area contributed by atoms with Crippen molar-refractivity contribution in [3.05, 3.63) is 46.6 Å². The molecule has 0 fully saturated rings. The normalized spacial score (nSPS) is 21.0. The highest BCUT2D eigenvalue weighted by molar-refractivity contribution is 8.16. The smallest absolute Gasteiger partial charge is 0.338 e. The van der Waals surface area contributed by atoms with Gasteiger partial charge in [-0.25, -0.2) is 9.79 Å². The minimum Gasteiger partial charge on any atom is -0.463 e. The maximum absolute atomic E-state index is 12.6. The highest BCUT2D eigenvalue weighted by Crippen LogP contribution is 2.43. The zero-order valence-corrected chi connectivity index (χ0v) is 14.1. The summed E-state index contributed by atoms with van der Waals surface area (Å²) in [6, 6.07) is 5.44. The third-order valence-electron chi connectivity index (χ3n) is 4.03. The van der Waals surface area contributed by atoms with Gasteiger partial charge >= 0.3 is 5.97 Å². The van der Waals surface area contributed by atoms with E-state index in [1.807, 2.05) is 41.6 Å². The van der Waals surface area contributed by atoms with Crippen LogP contribution in [-0.2, 0) is 9.53 Å². The number of carbonyl (C=O) groups is 1. The lowest BCUT2D eigenvalue weighted by molar-refractivity contribution is -0.139. The van der Waals surface area contributed by atoms with Crippen molar-refractivity contribution in [2.75, 3.05) is 13.4 Å². The summed E-state index contributed by atoms with van der Waals surface area (Å²) in [5.74, 6) is 1.06. The van der Waals surface area contributed by atoms with E-state index in [2.05, 4.69) is 4.99 Å². The van der Waals surface area contributed by atoms with E-state index in [-0.39, 0.29) is 18.8 Å². The zero-order chi connectivity index (χ0) is 16.7. The first-order valence-corrected chi connectivity index (χ1v) is 8.55. The number of esters is 1. The second kappa shape index (κ2) is 5.90. The van der Waals surface area contributed by atoms with E-state index in [1.165, 1.54) is 11.8 Å². The molecule has 0 unspecified atom stereocenters. The molecular weight excluding hydrogens is 328 g/mol. The Morgan fingerprint density at radius 1 is 1.42 bits per heavy atom. The van der Waals surface area contributed by atoms with Crippen LogP contribution < -0.4 is 9.47 Å². The second-order valence-corrected chi connectivity index (χ2v) is 6.31. The molecule has 24 heavy (non-hydrogen) atoms. The van der Waals surface area contributed by atoms with Crippen LogP contribution in [0.4, 0.5) is 0 Å². The number of rotatable bonds is 3. The van der Waals surface area contributed by atoms with Crippen LogP contribution in [0.3, 0.4) is 0 Å². The SMILES string of the molecule is CCOC(=O)C1=C(C)N=C2SC=CN2[C@H]1c1ccc2c(c1)OCO2. The Hall–Kier alpha value is -2.41. The summed E-state index contributed by atoms with van der Waals surface area (Å²) in [6.45, 7) is 4.18.